The molecule has 3 heterocycles. The van der Waals surface area contributed by atoms with Gasteiger partial charge in [-0.15, -0.1) is 0 Å². The van der Waals surface area contributed by atoms with Crippen LogP contribution in [0.1, 0.15) is 58.4 Å². The molecule has 2 amide bonds. The van der Waals surface area contributed by atoms with Gasteiger partial charge in [0.15, 0.2) is 0 Å². The minimum absolute atomic E-state index is 0.123. The maximum Gasteiger partial charge on any atom is 0.417 e. The second kappa shape index (κ2) is 9.95. The fourth-order valence-electron chi connectivity index (χ4n) is 5.47. The number of pyridine rings is 1. The number of carbonyl (C=O) groups excluding carboxylic acids is 2. The van der Waals surface area contributed by atoms with Gasteiger partial charge in [0, 0.05) is 38.9 Å². The molecule has 0 radical (unpaired) electrons. The van der Waals surface area contributed by atoms with Crippen LogP contribution in [0, 0.1) is 5.92 Å². The van der Waals surface area contributed by atoms with Crippen LogP contribution in [0.5, 0.6) is 0 Å². The van der Waals surface area contributed by atoms with Crippen molar-refractivity contribution >= 4 is 17.6 Å². The summed E-state index contributed by atoms with van der Waals surface area (Å²) < 4.78 is 40.0. The fourth-order valence-corrected chi connectivity index (χ4v) is 5.47. The van der Waals surface area contributed by atoms with Gasteiger partial charge >= 0.3 is 6.18 Å². The third-order valence-corrected chi connectivity index (χ3v) is 7.42. The Morgan fingerprint density at radius 1 is 0.972 bits per heavy atom. The minimum atomic E-state index is -4.58. The highest BCUT2D eigenvalue weighted by Gasteiger charge is 2.38. The molecule has 0 bridgehead atoms. The quantitative estimate of drug-likeness (QED) is 0.588. The minimum Gasteiger partial charge on any atom is -0.352 e. The van der Waals surface area contributed by atoms with E-state index in [2.05, 4.69) is 15.2 Å². The second-order valence-corrected chi connectivity index (χ2v) is 9.87. The summed E-state index contributed by atoms with van der Waals surface area (Å²) in [7, 11) is 0. The molecule has 6 nitrogen and oxygen atoms in total. The first-order valence-corrected chi connectivity index (χ1v) is 12.4. The number of halogens is 3. The molecule has 1 saturated carbocycles. The van der Waals surface area contributed by atoms with E-state index in [0.29, 0.717) is 38.3 Å². The first-order chi connectivity index (χ1) is 17.3. The van der Waals surface area contributed by atoms with E-state index in [1.165, 1.54) is 48.8 Å². The molecule has 5 rings (SSSR count). The predicted octanol–water partition coefficient (Wildman–Crippen LogP) is 4.68. The lowest BCUT2D eigenvalue weighted by molar-refractivity contribution is -0.138. The molecule has 0 saturated heterocycles. The number of hydrogen-bond donors (Lipinski definition) is 1. The standard InChI is InChI=1S/C27H29F3N4O2/c28-27(29,30)23-8-4-3-7-22(23)26(36)34-16-20-14-33(15-21(20)17-34)24-10-9-19(13-32-24)25(35)31-12-11-18-5-1-2-6-18/h3-4,7-10,13,18H,1-2,5-6,11-12,14-17H2,(H,31,35). The number of aromatic nitrogens is 1. The lowest BCUT2D eigenvalue weighted by Crippen LogP contribution is -2.35. The van der Waals surface area contributed by atoms with Crippen LogP contribution >= 0.6 is 0 Å². The number of nitrogens with zero attached hydrogens (tertiary/aromatic N) is 3. The van der Waals surface area contributed by atoms with E-state index in [4.69, 9.17) is 0 Å². The summed E-state index contributed by atoms with van der Waals surface area (Å²) >= 11 is 0. The lowest BCUT2D eigenvalue weighted by Gasteiger charge is -2.24. The van der Waals surface area contributed by atoms with Crippen LogP contribution in [0.15, 0.2) is 53.7 Å². The van der Waals surface area contributed by atoms with Crippen molar-refractivity contribution in [3.63, 3.8) is 0 Å². The molecule has 1 aliphatic carbocycles. The molecule has 1 aromatic carbocycles. The van der Waals surface area contributed by atoms with Crippen molar-refractivity contribution in [3.8, 4) is 0 Å². The van der Waals surface area contributed by atoms with Crippen LogP contribution in [0.2, 0.25) is 0 Å². The van der Waals surface area contributed by atoms with Gasteiger partial charge in [-0.1, -0.05) is 37.8 Å². The molecule has 1 aromatic heterocycles. The normalized spacial score (nSPS) is 18.2. The van der Waals surface area contributed by atoms with Gasteiger partial charge in [0.25, 0.3) is 11.8 Å². The molecule has 190 valence electrons. The zero-order valence-electron chi connectivity index (χ0n) is 20.0. The smallest absolute Gasteiger partial charge is 0.352 e. The Labute approximate surface area is 208 Å². The number of anilines is 1. The molecule has 0 spiro atoms. The van der Waals surface area contributed by atoms with E-state index in [1.54, 1.807) is 12.3 Å². The van der Waals surface area contributed by atoms with E-state index in [-0.39, 0.29) is 11.5 Å². The number of nitrogens with one attached hydrogen (secondary N) is 1. The van der Waals surface area contributed by atoms with Crippen molar-refractivity contribution in [1.82, 2.24) is 15.2 Å². The predicted molar refractivity (Wildman–Crippen MR) is 130 cm³/mol. The lowest BCUT2D eigenvalue weighted by atomic mass is 10.0. The average Bonchev–Trinajstić information content (AvgIpc) is 3.60. The molecule has 1 fully saturated rings. The van der Waals surface area contributed by atoms with Crippen LogP contribution in [-0.2, 0) is 6.18 Å². The topological polar surface area (TPSA) is 65.5 Å². The van der Waals surface area contributed by atoms with Crippen LogP contribution in [-0.4, -0.2) is 54.4 Å². The molecule has 2 aliphatic heterocycles. The largest absolute Gasteiger partial charge is 0.417 e. The van der Waals surface area contributed by atoms with Gasteiger partial charge in [-0.05, 0) is 47.8 Å². The molecule has 0 unspecified atom stereocenters. The van der Waals surface area contributed by atoms with Crippen LogP contribution < -0.4 is 10.2 Å². The summed E-state index contributed by atoms with van der Waals surface area (Å²) in [4.78, 5) is 33.3. The van der Waals surface area contributed by atoms with Gasteiger partial charge in [0.05, 0.1) is 16.7 Å². The highest BCUT2D eigenvalue weighted by atomic mass is 19.4. The molecular formula is C27H29F3N4O2. The van der Waals surface area contributed by atoms with E-state index in [9.17, 15) is 22.8 Å². The van der Waals surface area contributed by atoms with Gasteiger partial charge in [-0.2, -0.15) is 13.2 Å². The van der Waals surface area contributed by atoms with Crippen LogP contribution in [0.4, 0.5) is 19.0 Å². The van der Waals surface area contributed by atoms with Crippen molar-refractivity contribution in [1.29, 1.82) is 0 Å². The van der Waals surface area contributed by atoms with E-state index < -0.39 is 17.6 Å². The molecule has 9 heteroatoms. The number of alkyl halides is 3. The number of hydrogen-bond acceptors (Lipinski definition) is 4. The Balaban J connectivity index is 1.14. The molecule has 36 heavy (non-hydrogen) atoms. The monoisotopic (exact) mass is 498 g/mol. The van der Waals surface area contributed by atoms with Crippen LogP contribution in [0.25, 0.3) is 0 Å². The summed E-state index contributed by atoms with van der Waals surface area (Å²) in [6, 6.07) is 8.50. The molecule has 1 N–H and O–H groups in total. The Morgan fingerprint density at radius 3 is 2.31 bits per heavy atom. The fraction of sp³-hybridized carbons (Fsp3) is 0.444. The highest BCUT2D eigenvalue weighted by Crippen LogP contribution is 2.34. The third-order valence-electron chi connectivity index (χ3n) is 7.42. The second-order valence-electron chi connectivity index (χ2n) is 9.87. The number of amides is 2. The Bertz CT molecular complexity index is 1150. The highest BCUT2D eigenvalue weighted by molar-refractivity contribution is 5.96. The summed E-state index contributed by atoms with van der Waals surface area (Å²) in [6.45, 7) is 2.40. The number of rotatable bonds is 6. The maximum atomic E-state index is 13.3. The van der Waals surface area contributed by atoms with Crippen LogP contribution in [0.3, 0.4) is 0 Å². The average molecular weight is 499 g/mol. The zero-order chi connectivity index (χ0) is 25.3. The molecular weight excluding hydrogens is 469 g/mol. The van der Waals surface area contributed by atoms with Gasteiger partial charge < -0.3 is 15.1 Å². The molecule has 0 atom stereocenters. The van der Waals surface area contributed by atoms with Gasteiger partial charge in [-0.25, -0.2) is 4.98 Å². The van der Waals surface area contributed by atoms with Crippen molar-refractivity contribution in [2.45, 2.75) is 38.3 Å². The Kier molecular flexibility index (Phi) is 6.73. The van der Waals surface area contributed by atoms with Crippen molar-refractivity contribution in [2.75, 3.05) is 37.6 Å². The van der Waals surface area contributed by atoms with Gasteiger partial charge in [-0.3, -0.25) is 9.59 Å². The SMILES string of the molecule is O=C(NCCC1CCCC1)c1ccc(N2CC3=C(CN(C(=O)c4ccccc4C(F)(F)F)C3)C2)nc1. The summed E-state index contributed by atoms with van der Waals surface area (Å²) in [5, 5.41) is 2.98. The van der Waals surface area contributed by atoms with E-state index in [1.807, 2.05) is 6.07 Å². The van der Waals surface area contributed by atoms with Crippen molar-refractivity contribution in [3.05, 3.63) is 70.4 Å². The van der Waals surface area contributed by atoms with Gasteiger partial charge in [0.1, 0.15) is 5.82 Å². The Morgan fingerprint density at radius 2 is 1.67 bits per heavy atom. The molecule has 3 aliphatic rings. The third kappa shape index (κ3) is 5.10. The van der Waals surface area contributed by atoms with E-state index >= 15 is 0 Å². The number of carbonyl (C=O) groups is 2. The van der Waals surface area contributed by atoms with E-state index in [0.717, 1.165) is 35.4 Å². The summed E-state index contributed by atoms with van der Waals surface area (Å²) in [5.74, 6) is 0.723. The first-order valence-electron chi connectivity index (χ1n) is 12.4. The first kappa shape index (κ1) is 24.3. The number of benzene rings is 1. The van der Waals surface area contributed by atoms with Crippen molar-refractivity contribution < 1.29 is 22.8 Å². The zero-order valence-corrected chi connectivity index (χ0v) is 20.0. The summed E-state index contributed by atoms with van der Waals surface area (Å²) in [6.07, 6.45) is 3.11. The van der Waals surface area contributed by atoms with Gasteiger partial charge in [0.2, 0.25) is 0 Å². The Hall–Kier alpha value is -3.36. The maximum absolute atomic E-state index is 13.3. The summed E-state index contributed by atoms with van der Waals surface area (Å²) in [5.41, 5.74) is 1.36. The van der Waals surface area contributed by atoms with Crippen molar-refractivity contribution in [2.24, 2.45) is 5.92 Å². The molecule has 2 aromatic rings.